The molecule has 0 aromatic heterocycles. The minimum Gasteiger partial charge on any atom is -0.449 e. The normalized spacial score (nSPS) is 17.7. The molecule has 0 saturated carbocycles. The van der Waals surface area contributed by atoms with Crippen LogP contribution in [0.3, 0.4) is 0 Å². The van der Waals surface area contributed by atoms with E-state index in [-0.39, 0.29) is 17.4 Å². The molecule has 2 heterocycles. The summed E-state index contributed by atoms with van der Waals surface area (Å²) < 4.78 is 38.3. The van der Waals surface area contributed by atoms with Crippen molar-refractivity contribution in [2.24, 2.45) is 5.92 Å². The maximum atomic E-state index is 13.9. The Hall–Kier alpha value is -3.16. The number of carbonyl (C=O) groups is 2. The standard InChI is InChI=1S/C22H22F2N2O4/c1-22(2)29-18-6-4-15(12-19(18)30-22)25-20(27)13-7-9-26(10-8-13)21(28)16-5-3-14(23)11-17(16)24/h3-6,11-13H,7-10H2,1-2H3,(H,25,27). The van der Waals surface area contributed by atoms with E-state index in [0.717, 1.165) is 12.1 Å². The van der Waals surface area contributed by atoms with Crippen LogP contribution >= 0.6 is 0 Å². The molecule has 2 aromatic rings. The lowest BCUT2D eigenvalue weighted by Crippen LogP contribution is -2.41. The zero-order chi connectivity index (χ0) is 21.5. The quantitative estimate of drug-likeness (QED) is 0.823. The molecule has 4 rings (SSSR count). The number of nitrogens with one attached hydrogen (secondary N) is 1. The summed E-state index contributed by atoms with van der Waals surface area (Å²) in [5.74, 6) is -2.07. The third-order valence-corrected chi connectivity index (χ3v) is 5.24. The monoisotopic (exact) mass is 416 g/mol. The van der Waals surface area contributed by atoms with Crippen LogP contribution in [0.25, 0.3) is 0 Å². The van der Waals surface area contributed by atoms with Crippen molar-refractivity contribution in [1.82, 2.24) is 4.90 Å². The maximum absolute atomic E-state index is 13.9. The molecular formula is C22H22F2N2O4. The molecule has 0 unspecified atom stereocenters. The maximum Gasteiger partial charge on any atom is 0.256 e. The number of halogens is 2. The van der Waals surface area contributed by atoms with Gasteiger partial charge in [0.05, 0.1) is 5.56 Å². The third-order valence-electron chi connectivity index (χ3n) is 5.24. The number of rotatable bonds is 3. The van der Waals surface area contributed by atoms with E-state index in [1.165, 1.54) is 4.90 Å². The molecule has 0 aliphatic carbocycles. The van der Waals surface area contributed by atoms with Gasteiger partial charge in [-0.05, 0) is 37.1 Å². The van der Waals surface area contributed by atoms with E-state index in [0.29, 0.717) is 49.2 Å². The number of likely N-dealkylation sites (tertiary alicyclic amines) is 1. The minimum atomic E-state index is -0.883. The second-order valence-corrected chi connectivity index (χ2v) is 7.95. The Morgan fingerprint density at radius 2 is 1.73 bits per heavy atom. The van der Waals surface area contributed by atoms with Crippen LogP contribution < -0.4 is 14.8 Å². The highest BCUT2D eigenvalue weighted by Crippen LogP contribution is 2.40. The molecule has 8 heteroatoms. The number of amides is 2. The number of fused-ring (bicyclic) bond motifs is 1. The summed E-state index contributed by atoms with van der Waals surface area (Å²) >= 11 is 0. The zero-order valence-corrected chi connectivity index (χ0v) is 16.7. The molecule has 1 fully saturated rings. The van der Waals surface area contributed by atoms with Crippen molar-refractivity contribution in [3.63, 3.8) is 0 Å². The molecule has 6 nitrogen and oxygen atoms in total. The first kappa shape index (κ1) is 20.1. The van der Waals surface area contributed by atoms with Crippen LogP contribution in [0.15, 0.2) is 36.4 Å². The highest BCUT2D eigenvalue weighted by Gasteiger charge is 2.32. The van der Waals surface area contributed by atoms with Crippen molar-refractivity contribution in [2.75, 3.05) is 18.4 Å². The van der Waals surface area contributed by atoms with E-state index in [4.69, 9.17) is 9.47 Å². The van der Waals surface area contributed by atoms with Crippen molar-refractivity contribution < 1.29 is 27.8 Å². The number of hydrogen-bond acceptors (Lipinski definition) is 4. The van der Waals surface area contributed by atoms with Crippen molar-refractivity contribution in [2.45, 2.75) is 32.5 Å². The van der Waals surface area contributed by atoms with E-state index in [1.807, 2.05) is 0 Å². The van der Waals surface area contributed by atoms with Crippen LogP contribution in [0.1, 0.15) is 37.0 Å². The first-order valence-electron chi connectivity index (χ1n) is 9.79. The van der Waals surface area contributed by atoms with Crippen LogP contribution in [0.2, 0.25) is 0 Å². The summed E-state index contributed by atoms with van der Waals surface area (Å²) in [6.07, 6.45) is 0.913. The van der Waals surface area contributed by atoms with Gasteiger partial charge in [-0.2, -0.15) is 0 Å². The largest absolute Gasteiger partial charge is 0.449 e. The molecule has 2 aliphatic rings. The van der Waals surface area contributed by atoms with Gasteiger partial charge in [0.2, 0.25) is 11.7 Å². The summed E-state index contributed by atoms with van der Waals surface area (Å²) in [5, 5.41) is 2.88. The Morgan fingerprint density at radius 3 is 2.43 bits per heavy atom. The molecule has 2 amide bonds. The number of ether oxygens (including phenoxy) is 2. The summed E-state index contributed by atoms with van der Waals surface area (Å²) in [5.41, 5.74) is 0.439. The molecule has 0 radical (unpaired) electrons. The van der Waals surface area contributed by atoms with Gasteiger partial charge >= 0.3 is 0 Å². The summed E-state index contributed by atoms with van der Waals surface area (Å²) in [4.78, 5) is 26.6. The molecular weight excluding hydrogens is 394 g/mol. The Balaban J connectivity index is 1.34. The minimum absolute atomic E-state index is 0.145. The topological polar surface area (TPSA) is 67.9 Å². The highest BCUT2D eigenvalue weighted by molar-refractivity contribution is 5.95. The lowest BCUT2D eigenvalue weighted by molar-refractivity contribution is -0.121. The van der Waals surface area contributed by atoms with Gasteiger partial charge in [0.15, 0.2) is 11.5 Å². The van der Waals surface area contributed by atoms with Crippen molar-refractivity contribution in [3.8, 4) is 11.5 Å². The van der Waals surface area contributed by atoms with Crippen molar-refractivity contribution >= 4 is 17.5 Å². The molecule has 1 saturated heterocycles. The van der Waals surface area contributed by atoms with Crippen LogP contribution in [-0.2, 0) is 4.79 Å². The van der Waals surface area contributed by atoms with Gasteiger partial charge in [0.25, 0.3) is 5.91 Å². The Bertz CT molecular complexity index is 1000. The SMILES string of the molecule is CC1(C)Oc2ccc(NC(=O)C3CCN(C(=O)c4ccc(F)cc4F)CC3)cc2O1. The molecule has 0 bridgehead atoms. The van der Waals surface area contributed by atoms with Crippen molar-refractivity contribution in [3.05, 3.63) is 53.6 Å². The number of anilines is 1. The molecule has 0 spiro atoms. The fourth-order valence-electron chi connectivity index (χ4n) is 3.72. The lowest BCUT2D eigenvalue weighted by Gasteiger charge is -2.31. The first-order valence-corrected chi connectivity index (χ1v) is 9.79. The van der Waals surface area contributed by atoms with Crippen molar-refractivity contribution in [1.29, 1.82) is 0 Å². The number of hydrogen-bond donors (Lipinski definition) is 1. The smallest absolute Gasteiger partial charge is 0.256 e. The lowest BCUT2D eigenvalue weighted by atomic mass is 9.95. The van der Waals surface area contributed by atoms with E-state index >= 15 is 0 Å². The second-order valence-electron chi connectivity index (χ2n) is 7.95. The summed E-state index contributed by atoms with van der Waals surface area (Å²) in [6, 6.07) is 8.11. The Morgan fingerprint density at radius 1 is 1.03 bits per heavy atom. The molecule has 0 atom stereocenters. The summed E-state index contributed by atoms with van der Waals surface area (Å²) in [7, 11) is 0. The van der Waals surface area contributed by atoms with Gasteiger partial charge in [-0.25, -0.2) is 8.78 Å². The first-order chi connectivity index (χ1) is 14.2. The second kappa shape index (κ2) is 7.59. The Labute approximate surface area is 172 Å². The van der Waals surface area contributed by atoms with Gasteiger partial charge in [0.1, 0.15) is 11.6 Å². The molecule has 2 aromatic carbocycles. The van der Waals surface area contributed by atoms with Gasteiger partial charge in [0, 0.05) is 50.7 Å². The predicted octanol–water partition coefficient (Wildman–Crippen LogP) is 3.96. The Kier molecular flexibility index (Phi) is 5.09. The van der Waals surface area contributed by atoms with Gasteiger partial charge < -0.3 is 19.7 Å². The van der Waals surface area contributed by atoms with Crippen LogP contribution in [-0.4, -0.2) is 35.6 Å². The zero-order valence-electron chi connectivity index (χ0n) is 16.7. The predicted molar refractivity (Wildman–Crippen MR) is 105 cm³/mol. The number of carbonyl (C=O) groups excluding carboxylic acids is 2. The molecule has 30 heavy (non-hydrogen) atoms. The van der Waals surface area contributed by atoms with Crippen LogP contribution in [0.5, 0.6) is 11.5 Å². The van der Waals surface area contributed by atoms with E-state index < -0.39 is 23.3 Å². The van der Waals surface area contributed by atoms with Gasteiger partial charge in [-0.3, -0.25) is 9.59 Å². The third kappa shape index (κ3) is 4.08. The fourth-order valence-corrected chi connectivity index (χ4v) is 3.72. The highest BCUT2D eigenvalue weighted by atomic mass is 19.1. The molecule has 1 N–H and O–H groups in total. The van der Waals surface area contributed by atoms with Crippen LogP contribution in [0.4, 0.5) is 14.5 Å². The average Bonchev–Trinajstić information content (AvgIpc) is 3.00. The fraction of sp³-hybridized carbons (Fsp3) is 0.364. The molecule has 158 valence electrons. The number of piperidine rings is 1. The van der Waals surface area contributed by atoms with Crippen LogP contribution in [0, 0.1) is 17.6 Å². The number of nitrogens with zero attached hydrogens (tertiary/aromatic N) is 1. The summed E-state index contributed by atoms with van der Waals surface area (Å²) in [6.45, 7) is 4.25. The van der Waals surface area contributed by atoms with E-state index in [9.17, 15) is 18.4 Å². The van der Waals surface area contributed by atoms with E-state index in [1.54, 1.807) is 32.0 Å². The van der Waals surface area contributed by atoms with Gasteiger partial charge in [-0.1, -0.05) is 0 Å². The van der Waals surface area contributed by atoms with E-state index in [2.05, 4.69) is 5.32 Å². The van der Waals surface area contributed by atoms with Gasteiger partial charge in [-0.15, -0.1) is 0 Å². The number of benzene rings is 2. The molecule has 2 aliphatic heterocycles. The average molecular weight is 416 g/mol.